The third-order valence-electron chi connectivity index (χ3n) is 5.51. The molecule has 0 aliphatic carbocycles. The molecular weight excluding hydrogens is 452 g/mol. The molecule has 6 heteroatoms. The number of aromatic nitrogens is 1. The van der Waals surface area contributed by atoms with Crippen LogP contribution in [0.25, 0.3) is 11.1 Å². The van der Waals surface area contributed by atoms with Gasteiger partial charge >= 0.3 is 5.97 Å². The molecule has 4 rings (SSSR count). The average molecular weight is 477 g/mol. The van der Waals surface area contributed by atoms with Gasteiger partial charge in [0, 0.05) is 36.4 Å². The number of carbonyl (C=O) groups is 2. The lowest BCUT2D eigenvalue weighted by molar-refractivity contribution is 0.0696. The summed E-state index contributed by atoms with van der Waals surface area (Å²) in [5.41, 5.74) is 5.46. The number of ether oxygens (including phenoxy) is 1. The summed E-state index contributed by atoms with van der Waals surface area (Å²) < 4.78 is 5.22. The number of carbonyl (C=O) groups excluding carboxylic acids is 1. The molecule has 6 nitrogen and oxygen atoms in total. The second-order valence-corrected chi connectivity index (χ2v) is 8.03. The maximum atomic E-state index is 12.6. The van der Waals surface area contributed by atoms with Crippen LogP contribution in [0.4, 0.5) is 0 Å². The number of rotatable bonds is 7. The second-order valence-electron chi connectivity index (χ2n) is 8.03. The predicted molar refractivity (Wildman–Crippen MR) is 138 cm³/mol. The minimum absolute atomic E-state index is 0.209. The lowest BCUT2D eigenvalue weighted by Gasteiger charge is -2.06. The van der Waals surface area contributed by atoms with Crippen LogP contribution < -0.4 is 10.1 Å². The first-order valence-corrected chi connectivity index (χ1v) is 11.3. The van der Waals surface area contributed by atoms with E-state index in [1.54, 1.807) is 43.6 Å². The van der Waals surface area contributed by atoms with Crippen LogP contribution in [0, 0.1) is 11.8 Å². The number of nitrogens with one attached hydrogen (secondary N) is 1. The molecule has 1 aromatic heterocycles. The Morgan fingerprint density at radius 3 is 2.44 bits per heavy atom. The Labute approximate surface area is 209 Å². The van der Waals surface area contributed by atoms with E-state index in [0.717, 1.165) is 27.8 Å². The number of nitrogens with zero attached hydrogens (tertiary/aromatic N) is 1. The Hall–Kier alpha value is -4.89. The van der Waals surface area contributed by atoms with Crippen molar-refractivity contribution in [2.24, 2.45) is 0 Å². The molecule has 0 aliphatic rings. The molecule has 178 valence electrons. The van der Waals surface area contributed by atoms with Gasteiger partial charge in [0.15, 0.2) is 0 Å². The van der Waals surface area contributed by atoms with Gasteiger partial charge in [-0.3, -0.25) is 4.79 Å². The van der Waals surface area contributed by atoms with Crippen LogP contribution in [-0.4, -0.2) is 29.1 Å². The lowest BCUT2D eigenvalue weighted by Crippen LogP contribution is -2.22. The molecule has 0 fully saturated rings. The number of amides is 1. The van der Waals surface area contributed by atoms with Crippen molar-refractivity contribution in [1.82, 2.24) is 10.3 Å². The largest absolute Gasteiger partial charge is 0.481 e. The molecule has 0 aliphatic heterocycles. The van der Waals surface area contributed by atoms with E-state index >= 15 is 0 Å². The summed E-state index contributed by atoms with van der Waals surface area (Å²) in [7, 11) is 1.60. The normalized spacial score (nSPS) is 10.1. The fourth-order valence-corrected chi connectivity index (χ4v) is 3.60. The van der Waals surface area contributed by atoms with Crippen LogP contribution in [0.15, 0.2) is 91.1 Å². The predicted octanol–water partition coefficient (Wildman–Crippen LogP) is 4.98. The van der Waals surface area contributed by atoms with Crippen molar-refractivity contribution < 1.29 is 19.4 Å². The van der Waals surface area contributed by atoms with Crippen molar-refractivity contribution in [1.29, 1.82) is 0 Å². The Morgan fingerprint density at radius 1 is 0.889 bits per heavy atom. The van der Waals surface area contributed by atoms with Gasteiger partial charge in [0.25, 0.3) is 5.91 Å². The van der Waals surface area contributed by atoms with E-state index in [9.17, 15) is 9.59 Å². The van der Waals surface area contributed by atoms with Gasteiger partial charge in [0.05, 0.1) is 12.7 Å². The first-order valence-electron chi connectivity index (χ1n) is 11.3. The average Bonchev–Trinajstić information content (AvgIpc) is 2.92. The summed E-state index contributed by atoms with van der Waals surface area (Å²) in [6, 6.07) is 25.6. The number of carboxylic acid groups (broad SMARTS) is 1. The van der Waals surface area contributed by atoms with E-state index in [4.69, 9.17) is 9.84 Å². The Morgan fingerprint density at radius 2 is 1.67 bits per heavy atom. The molecule has 0 radical (unpaired) electrons. The van der Waals surface area contributed by atoms with Gasteiger partial charge in [-0.2, -0.15) is 0 Å². The van der Waals surface area contributed by atoms with Crippen LogP contribution in [0.2, 0.25) is 0 Å². The fourth-order valence-electron chi connectivity index (χ4n) is 3.60. The molecule has 3 aromatic carbocycles. The molecule has 0 saturated carbocycles. The summed E-state index contributed by atoms with van der Waals surface area (Å²) in [6.07, 6.45) is 2.29. The van der Waals surface area contributed by atoms with E-state index in [1.165, 1.54) is 12.1 Å². The number of hydrogen-bond donors (Lipinski definition) is 2. The molecule has 36 heavy (non-hydrogen) atoms. The zero-order valence-corrected chi connectivity index (χ0v) is 19.7. The van der Waals surface area contributed by atoms with Gasteiger partial charge in [-0.05, 0) is 58.7 Å². The molecular formula is C30H24N2O4. The van der Waals surface area contributed by atoms with Gasteiger partial charge < -0.3 is 15.2 Å². The quantitative estimate of drug-likeness (QED) is 0.367. The fraction of sp³-hybridized carbons (Fsp3) is 0.100. The molecule has 0 bridgehead atoms. The topological polar surface area (TPSA) is 88.5 Å². The SMILES string of the molecule is COc1cc(-c2cccc(CC#Cc3cccc(C(=O)NCc4ccc(C(=O)O)cc4)c3)c2)ccn1. The van der Waals surface area contributed by atoms with E-state index < -0.39 is 5.97 Å². The summed E-state index contributed by atoms with van der Waals surface area (Å²) in [5.74, 6) is 5.70. The van der Waals surface area contributed by atoms with E-state index in [-0.39, 0.29) is 11.5 Å². The van der Waals surface area contributed by atoms with Gasteiger partial charge in [-0.25, -0.2) is 9.78 Å². The van der Waals surface area contributed by atoms with Crippen molar-refractivity contribution in [2.45, 2.75) is 13.0 Å². The highest BCUT2D eigenvalue weighted by molar-refractivity contribution is 5.94. The van der Waals surface area contributed by atoms with Gasteiger partial charge in [0.1, 0.15) is 0 Å². The minimum atomic E-state index is -0.981. The monoisotopic (exact) mass is 476 g/mol. The summed E-state index contributed by atoms with van der Waals surface area (Å²) in [5, 5.41) is 11.8. The molecule has 1 heterocycles. The van der Waals surface area contributed by atoms with Gasteiger partial charge in [-0.15, -0.1) is 0 Å². The van der Waals surface area contributed by atoms with Crippen molar-refractivity contribution in [3.05, 3.63) is 119 Å². The third-order valence-corrected chi connectivity index (χ3v) is 5.51. The van der Waals surface area contributed by atoms with E-state index in [2.05, 4.69) is 28.2 Å². The first-order chi connectivity index (χ1) is 17.5. The Kier molecular flexibility index (Phi) is 7.74. The number of hydrogen-bond acceptors (Lipinski definition) is 4. The third kappa shape index (κ3) is 6.37. The van der Waals surface area contributed by atoms with Crippen LogP contribution in [0.3, 0.4) is 0 Å². The minimum Gasteiger partial charge on any atom is -0.481 e. The van der Waals surface area contributed by atoms with Gasteiger partial charge in [-0.1, -0.05) is 54.3 Å². The molecule has 2 N–H and O–H groups in total. The molecule has 0 unspecified atom stereocenters. The lowest BCUT2D eigenvalue weighted by atomic mass is 10.0. The van der Waals surface area contributed by atoms with E-state index in [0.29, 0.717) is 24.4 Å². The molecule has 4 aromatic rings. The first kappa shape index (κ1) is 24.2. The van der Waals surface area contributed by atoms with Crippen molar-refractivity contribution in [2.75, 3.05) is 7.11 Å². The number of benzene rings is 3. The molecule has 0 spiro atoms. The number of aromatic carboxylic acids is 1. The summed E-state index contributed by atoms with van der Waals surface area (Å²) in [6.45, 7) is 0.300. The maximum absolute atomic E-state index is 12.6. The molecule has 1 amide bonds. The van der Waals surface area contributed by atoms with Crippen LogP contribution >= 0.6 is 0 Å². The van der Waals surface area contributed by atoms with Crippen molar-refractivity contribution in [3.63, 3.8) is 0 Å². The Balaban J connectivity index is 1.38. The van der Waals surface area contributed by atoms with Crippen LogP contribution in [-0.2, 0) is 13.0 Å². The van der Waals surface area contributed by atoms with E-state index in [1.807, 2.05) is 36.4 Å². The van der Waals surface area contributed by atoms with Gasteiger partial charge in [0.2, 0.25) is 5.88 Å². The summed E-state index contributed by atoms with van der Waals surface area (Å²) in [4.78, 5) is 27.7. The zero-order valence-electron chi connectivity index (χ0n) is 19.7. The molecule has 0 saturated heterocycles. The molecule has 0 atom stereocenters. The summed E-state index contributed by atoms with van der Waals surface area (Å²) >= 11 is 0. The Bertz CT molecular complexity index is 1450. The smallest absolute Gasteiger partial charge is 0.335 e. The standard InChI is InChI=1S/C30H24N2O4/c1-36-28-19-26(15-16-31-28)25-9-3-7-21(17-25)5-2-6-22-8-4-10-27(18-22)29(33)32-20-23-11-13-24(14-12-23)30(34)35/h3-4,7-19H,5,20H2,1H3,(H,32,33)(H,34,35). The zero-order chi connectivity index (χ0) is 25.3. The highest BCUT2D eigenvalue weighted by Crippen LogP contribution is 2.23. The number of carboxylic acids is 1. The highest BCUT2D eigenvalue weighted by atomic mass is 16.5. The maximum Gasteiger partial charge on any atom is 0.335 e. The number of methoxy groups -OCH3 is 1. The van der Waals surface area contributed by atoms with Crippen molar-refractivity contribution >= 4 is 11.9 Å². The van der Waals surface area contributed by atoms with Crippen molar-refractivity contribution in [3.8, 4) is 28.8 Å². The highest BCUT2D eigenvalue weighted by Gasteiger charge is 2.07. The van der Waals surface area contributed by atoms with Crippen LogP contribution in [0.5, 0.6) is 5.88 Å². The number of pyridine rings is 1. The second kappa shape index (κ2) is 11.5. The van der Waals surface area contributed by atoms with Crippen LogP contribution in [0.1, 0.15) is 37.4 Å².